The summed E-state index contributed by atoms with van der Waals surface area (Å²) >= 11 is 0. The third-order valence-corrected chi connectivity index (χ3v) is 7.35. The molecule has 1 N–H and O–H groups in total. The van der Waals surface area contributed by atoms with Crippen molar-refractivity contribution >= 4 is 31.5 Å². The summed E-state index contributed by atoms with van der Waals surface area (Å²) in [4.78, 5) is 48.9. The fourth-order valence-corrected chi connectivity index (χ4v) is 5.09. The first-order valence-corrected chi connectivity index (χ1v) is 14.2. The van der Waals surface area contributed by atoms with Crippen LogP contribution < -0.4 is 10.2 Å². The van der Waals surface area contributed by atoms with E-state index < -0.39 is 18.0 Å². The van der Waals surface area contributed by atoms with Crippen LogP contribution in [0.1, 0.15) is 30.3 Å². The van der Waals surface area contributed by atoms with Crippen molar-refractivity contribution in [1.29, 1.82) is 0 Å². The maximum atomic E-state index is 13.5. The number of anilines is 1. The molecule has 2 atom stereocenters. The summed E-state index contributed by atoms with van der Waals surface area (Å²) in [6.07, 6.45) is 0.525. The molecule has 0 unspecified atom stereocenters. The van der Waals surface area contributed by atoms with Gasteiger partial charge in [-0.25, -0.2) is 0 Å². The van der Waals surface area contributed by atoms with Gasteiger partial charge in [0.15, 0.2) is 0 Å². The predicted octanol–water partition coefficient (Wildman–Crippen LogP) is 3.01. The van der Waals surface area contributed by atoms with E-state index >= 15 is 0 Å². The molecule has 3 amide bonds. The van der Waals surface area contributed by atoms with E-state index in [1.54, 1.807) is 29.9 Å². The molecule has 212 valence electrons. The Labute approximate surface area is 234 Å². The van der Waals surface area contributed by atoms with Crippen molar-refractivity contribution in [2.45, 2.75) is 31.9 Å². The molecule has 4 rings (SSSR count). The first-order chi connectivity index (χ1) is 19.4. The zero-order valence-electron chi connectivity index (χ0n) is 22.7. The summed E-state index contributed by atoms with van der Waals surface area (Å²) in [6, 6.07) is 12.3. The van der Waals surface area contributed by atoms with Gasteiger partial charge in [0.25, 0.3) is 0 Å². The van der Waals surface area contributed by atoms with Crippen LogP contribution in [0.3, 0.4) is 0 Å². The van der Waals surface area contributed by atoms with Crippen molar-refractivity contribution in [3.05, 3.63) is 48.2 Å². The third kappa shape index (κ3) is 7.30. The van der Waals surface area contributed by atoms with Crippen molar-refractivity contribution in [2.24, 2.45) is 0 Å². The van der Waals surface area contributed by atoms with Crippen molar-refractivity contribution in [3.63, 3.8) is 0 Å². The number of piperazine rings is 1. The van der Waals surface area contributed by atoms with Crippen molar-refractivity contribution in [2.75, 3.05) is 57.9 Å². The summed E-state index contributed by atoms with van der Waals surface area (Å²) in [5.74, 6) is -0.857. The number of rotatable bonds is 8. The van der Waals surface area contributed by atoms with E-state index in [4.69, 9.17) is 9.47 Å². The van der Waals surface area contributed by atoms with E-state index in [1.807, 2.05) is 36.4 Å². The third-order valence-electron chi connectivity index (χ3n) is 7.04. The molecule has 40 heavy (non-hydrogen) atoms. The molecule has 11 nitrogen and oxygen atoms in total. The van der Waals surface area contributed by atoms with E-state index in [1.165, 1.54) is 0 Å². The molecule has 12 heteroatoms. The van der Waals surface area contributed by atoms with Crippen LogP contribution in [-0.2, 0) is 18.8 Å². The number of benzene rings is 1. The van der Waals surface area contributed by atoms with E-state index in [0.717, 1.165) is 24.2 Å². The number of methoxy groups -OCH3 is 1. The molecule has 3 heterocycles. The van der Waals surface area contributed by atoms with Crippen LogP contribution in [-0.4, -0.2) is 97.8 Å². The molecule has 2 saturated heterocycles. The Balaban J connectivity index is 1.54. The Morgan fingerprint density at radius 1 is 1.10 bits per heavy atom. The average Bonchev–Trinajstić information content (AvgIpc) is 3.49. The number of pyridine rings is 1. The number of carbonyl (C=O) groups is 3. The SMILES string of the molecule is CCOC(=O)N1CCN(C(=O)[C@@H](CC#P=O)NC(=O)c2cc(N3CC[C@H](OC)C3)cc(-c3ccccc3)n2)CC1. The Morgan fingerprint density at radius 3 is 2.48 bits per heavy atom. The van der Waals surface area contributed by atoms with Gasteiger partial charge in [-0.15, -0.1) is 0 Å². The maximum absolute atomic E-state index is 13.5. The zero-order valence-corrected chi connectivity index (χ0v) is 23.6. The van der Waals surface area contributed by atoms with Gasteiger partial charge < -0.3 is 0 Å². The number of nitrogens with one attached hydrogen (secondary N) is 1. The number of aromatic nitrogens is 1. The molecule has 0 aliphatic carbocycles. The number of hydrogen-bond acceptors (Lipinski definition) is 8. The molecule has 0 radical (unpaired) electrons. The van der Waals surface area contributed by atoms with Crippen LogP contribution in [0, 0.1) is 5.63 Å². The van der Waals surface area contributed by atoms with Gasteiger partial charge in [-0.2, -0.15) is 0 Å². The Kier molecular flexibility index (Phi) is 10.4. The van der Waals surface area contributed by atoms with Gasteiger partial charge in [0.1, 0.15) is 0 Å². The minimum atomic E-state index is -0.988. The minimum absolute atomic E-state index is 0.0411. The van der Waals surface area contributed by atoms with Gasteiger partial charge >= 0.3 is 228 Å². The topological polar surface area (TPSA) is 121 Å². The molecule has 1 aromatic carbocycles. The second-order valence-electron chi connectivity index (χ2n) is 9.55. The van der Waals surface area contributed by atoms with Gasteiger partial charge in [-0.3, -0.25) is 0 Å². The fraction of sp³-hybridized carbons (Fsp3) is 0.464. The molecular formula is C28H34N5O6P. The van der Waals surface area contributed by atoms with Crippen LogP contribution >= 0.6 is 7.92 Å². The average molecular weight is 568 g/mol. The van der Waals surface area contributed by atoms with Crippen LogP contribution in [0.4, 0.5) is 10.5 Å². The number of ether oxygens (including phenoxy) is 2. The molecule has 0 bridgehead atoms. The summed E-state index contributed by atoms with van der Waals surface area (Å²) in [5, 5.41) is 2.79. The zero-order chi connectivity index (χ0) is 28.5. The van der Waals surface area contributed by atoms with Crippen LogP contribution in [0.2, 0.25) is 0 Å². The summed E-state index contributed by atoms with van der Waals surface area (Å²) < 4.78 is 21.7. The normalized spacial score (nSPS) is 17.6. The second-order valence-corrected chi connectivity index (χ2v) is 10.0. The number of hydrogen-bond donors (Lipinski definition) is 1. The van der Waals surface area contributed by atoms with E-state index in [2.05, 4.69) is 20.8 Å². The van der Waals surface area contributed by atoms with Crippen LogP contribution in [0.25, 0.3) is 11.3 Å². The fourth-order valence-electron chi connectivity index (χ4n) is 4.83. The molecule has 2 aromatic rings. The van der Waals surface area contributed by atoms with Gasteiger partial charge in [0.05, 0.1) is 0 Å². The molecular weight excluding hydrogens is 533 g/mol. The quantitative estimate of drug-likeness (QED) is 0.484. The molecule has 0 saturated carbocycles. The molecule has 0 spiro atoms. The van der Waals surface area contributed by atoms with E-state index in [9.17, 15) is 18.9 Å². The number of nitrogens with zero attached hydrogens (tertiary/aromatic N) is 4. The molecule has 2 aliphatic heterocycles. The first kappa shape index (κ1) is 29.3. The van der Waals surface area contributed by atoms with Crippen molar-refractivity contribution in [3.8, 4) is 16.9 Å². The van der Waals surface area contributed by atoms with E-state index in [0.29, 0.717) is 38.4 Å². The number of amides is 3. The van der Waals surface area contributed by atoms with Gasteiger partial charge in [-0.1, -0.05) is 0 Å². The first-order valence-electron chi connectivity index (χ1n) is 13.3. The molecule has 2 aliphatic rings. The standard InChI is InChI=1S/C28H34N5O6P/c1-3-39-28(36)32-14-12-31(13-15-32)27(35)23(10-16-40-37)30-26(34)25-18-21(33-11-9-22(19-33)38-2)17-24(29-25)20-7-5-4-6-8-20/h4-8,17-18,22-23H,3,9-15,19H2,1-2H3,(H,30,34)/t22-,23+/m0/s1. The van der Waals surface area contributed by atoms with E-state index in [-0.39, 0.29) is 38.6 Å². The van der Waals surface area contributed by atoms with Crippen LogP contribution in [0.5, 0.6) is 0 Å². The van der Waals surface area contributed by atoms with Crippen LogP contribution in [0.15, 0.2) is 42.5 Å². The monoisotopic (exact) mass is 567 g/mol. The second kappa shape index (κ2) is 14.1. The van der Waals surface area contributed by atoms with Gasteiger partial charge in [0, 0.05) is 7.11 Å². The summed E-state index contributed by atoms with van der Waals surface area (Å²) in [6.45, 7) is 4.72. The Hall–Kier alpha value is -3.65. The Bertz CT molecular complexity index is 1310. The molecule has 2 fully saturated rings. The van der Waals surface area contributed by atoms with Crippen molar-refractivity contribution in [1.82, 2.24) is 20.1 Å². The Morgan fingerprint density at radius 2 is 1.82 bits per heavy atom. The van der Waals surface area contributed by atoms with Crippen molar-refractivity contribution < 1.29 is 28.4 Å². The van der Waals surface area contributed by atoms with Gasteiger partial charge in [-0.05, 0) is 0 Å². The predicted molar refractivity (Wildman–Crippen MR) is 150 cm³/mol. The number of carbonyl (C=O) groups excluding carboxylic acids is 3. The molecule has 1 aromatic heterocycles. The summed E-state index contributed by atoms with van der Waals surface area (Å²) in [5.41, 5.74) is 5.11. The summed E-state index contributed by atoms with van der Waals surface area (Å²) in [7, 11) is 1.33. The van der Waals surface area contributed by atoms with Gasteiger partial charge in [0.2, 0.25) is 0 Å².